The molecule has 1 saturated carbocycles. The van der Waals surface area contributed by atoms with E-state index in [0.717, 1.165) is 11.8 Å². The van der Waals surface area contributed by atoms with Crippen LogP contribution >= 0.6 is 31.9 Å². The molecule has 0 nitrogen and oxygen atoms in total. The molecule has 1 rings (SSSR count). The molecule has 0 aromatic rings. The summed E-state index contributed by atoms with van der Waals surface area (Å²) in [4.78, 5) is 0. The van der Waals surface area contributed by atoms with Gasteiger partial charge in [-0.15, -0.1) is 0 Å². The molecule has 2 atom stereocenters. The van der Waals surface area contributed by atoms with Gasteiger partial charge in [0.1, 0.15) is 0 Å². The fourth-order valence-electron chi connectivity index (χ4n) is 3.08. The zero-order valence-electron chi connectivity index (χ0n) is 12.5. The largest absolute Gasteiger partial charge is 0.0928 e. The lowest BCUT2D eigenvalue weighted by molar-refractivity contribution is 0.521. The summed E-state index contributed by atoms with van der Waals surface area (Å²) >= 11 is 7.00. The van der Waals surface area contributed by atoms with Crippen LogP contribution < -0.4 is 0 Å². The third-order valence-corrected chi connectivity index (χ3v) is 5.61. The molecule has 19 heavy (non-hydrogen) atoms. The Labute approximate surface area is 137 Å². The van der Waals surface area contributed by atoms with E-state index in [-0.39, 0.29) is 0 Å². The van der Waals surface area contributed by atoms with Crippen LogP contribution in [0.4, 0.5) is 0 Å². The van der Waals surface area contributed by atoms with Crippen molar-refractivity contribution in [2.45, 2.75) is 83.5 Å². The van der Waals surface area contributed by atoms with Crippen LogP contribution in [-0.2, 0) is 0 Å². The summed E-state index contributed by atoms with van der Waals surface area (Å²) in [7, 11) is 0. The van der Waals surface area contributed by atoms with E-state index in [9.17, 15) is 0 Å². The maximum Gasteiger partial charge on any atom is 0.00313 e. The molecule has 0 aliphatic heterocycles. The molecule has 0 amide bonds. The average molecular weight is 396 g/mol. The van der Waals surface area contributed by atoms with Crippen molar-refractivity contribution in [1.29, 1.82) is 0 Å². The van der Waals surface area contributed by atoms with Gasteiger partial charge in [-0.1, -0.05) is 96.1 Å². The number of hydrogen-bond donors (Lipinski definition) is 0. The molecule has 0 N–H and O–H groups in total. The van der Waals surface area contributed by atoms with Crippen molar-refractivity contribution in [1.82, 2.24) is 0 Å². The SMILES string of the molecule is BrCCCCCCCCC1CC1CCCCCCBr. The summed E-state index contributed by atoms with van der Waals surface area (Å²) in [6, 6.07) is 0. The first-order valence-corrected chi connectivity index (χ1v) is 10.7. The van der Waals surface area contributed by atoms with Gasteiger partial charge in [-0.05, 0) is 31.1 Å². The first-order valence-electron chi connectivity index (χ1n) is 8.50. The molecule has 114 valence electrons. The average Bonchev–Trinajstić information content (AvgIpc) is 3.16. The second-order valence-corrected chi connectivity index (χ2v) is 7.83. The van der Waals surface area contributed by atoms with Gasteiger partial charge in [0, 0.05) is 10.7 Å². The Hall–Kier alpha value is 0.960. The van der Waals surface area contributed by atoms with Gasteiger partial charge in [0.2, 0.25) is 0 Å². The minimum absolute atomic E-state index is 1.12. The Morgan fingerprint density at radius 1 is 0.526 bits per heavy atom. The maximum absolute atomic E-state index is 3.50. The number of unbranched alkanes of at least 4 members (excludes halogenated alkanes) is 8. The van der Waals surface area contributed by atoms with E-state index in [1.54, 1.807) is 6.42 Å². The van der Waals surface area contributed by atoms with E-state index < -0.39 is 0 Å². The van der Waals surface area contributed by atoms with Gasteiger partial charge < -0.3 is 0 Å². The van der Waals surface area contributed by atoms with Crippen molar-refractivity contribution in [2.24, 2.45) is 11.8 Å². The summed E-state index contributed by atoms with van der Waals surface area (Å²) < 4.78 is 0. The molecule has 1 aliphatic carbocycles. The van der Waals surface area contributed by atoms with E-state index in [0.29, 0.717) is 0 Å². The topological polar surface area (TPSA) is 0 Å². The molecular weight excluding hydrogens is 364 g/mol. The molecule has 1 aliphatic rings. The van der Waals surface area contributed by atoms with Gasteiger partial charge in [-0.2, -0.15) is 0 Å². The van der Waals surface area contributed by atoms with Crippen molar-refractivity contribution in [2.75, 3.05) is 10.7 Å². The zero-order chi connectivity index (χ0) is 13.8. The van der Waals surface area contributed by atoms with Crippen LogP contribution in [-0.4, -0.2) is 10.7 Å². The first kappa shape index (κ1) is 18.0. The lowest BCUT2D eigenvalue weighted by Crippen LogP contribution is -1.87. The number of hydrogen-bond acceptors (Lipinski definition) is 0. The van der Waals surface area contributed by atoms with Crippen LogP contribution in [0.5, 0.6) is 0 Å². The third kappa shape index (κ3) is 10.3. The molecule has 0 spiro atoms. The smallest absolute Gasteiger partial charge is 0.00313 e. The van der Waals surface area contributed by atoms with E-state index in [2.05, 4.69) is 31.9 Å². The Balaban J connectivity index is 1.76. The molecule has 0 radical (unpaired) electrons. The molecule has 0 aromatic heterocycles. The van der Waals surface area contributed by atoms with E-state index in [4.69, 9.17) is 0 Å². The van der Waals surface area contributed by atoms with Gasteiger partial charge in [0.05, 0.1) is 0 Å². The lowest BCUT2D eigenvalue weighted by Gasteiger charge is -2.02. The van der Waals surface area contributed by atoms with Crippen molar-refractivity contribution < 1.29 is 0 Å². The predicted octanol–water partition coefficient (Wildman–Crippen LogP) is 7.09. The summed E-state index contributed by atoms with van der Waals surface area (Å²) in [5.74, 6) is 2.25. The monoisotopic (exact) mass is 394 g/mol. The highest BCUT2D eigenvalue weighted by atomic mass is 79.9. The molecule has 0 aromatic carbocycles. The van der Waals surface area contributed by atoms with Gasteiger partial charge >= 0.3 is 0 Å². The van der Waals surface area contributed by atoms with Crippen LogP contribution in [0.2, 0.25) is 0 Å². The minimum Gasteiger partial charge on any atom is -0.0928 e. The first-order chi connectivity index (χ1) is 9.38. The van der Waals surface area contributed by atoms with E-state index in [1.165, 1.54) is 87.7 Å². The molecule has 2 heteroatoms. The predicted molar refractivity (Wildman–Crippen MR) is 94.6 cm³/mol. The number of rotatable bonds is 14. The number of alkyl halides is 2. The molecule has 0 saturated heterocycles. The molecular formula is C17H32Br2. The van der Waals surface area contributed by atoms with Crippen molar-refractivity contribution >= 4 is 31.9 Å². The van der Waals surface area contributed by atoms with E-state index in [1.807, 2.05) is 0 Å². The molecule has 2 unspecified atom stereocenters. The Bertz CT molecular complexity index is 194. The second-order valence-electron chi connectivity index (χ2n) is 6.25. The lowest BCUT2D eigenvalue weighted by atomic mass is 10.0. The summed E-state index contributed by atoms with van der Waals surface area (Å²) in [6.45, 7) is 0. The zero-order valence-corrected chi connectivity index (χ0v) is 15.7. The molecule has 1 fully saturated rings. The number of halogens is 2. The van der Waals surface area contributed by atoms with Crippen molar-refractivity contribution in [3.8, 4) is 0 Å². The highest BCUT2D eigenvalue weighted by Gasteiger charge is 2.34. The van der Waals surface area contributed by atoms with Gasteiger partial charge in [0.15, 0.2) is 0 Å². The van der Waals surface area contributed by atoms with E-state index >= 15 is 0 Å². The fourth-order valence-corrected chi connectivity index (χ4v) is 3.87. The van der Waals surface area contributed by atoms with Gasteiger partial charge in [0.25, 0.3) is 0 Å². The summed E-state index contributed by atoms with van der Waals surface area (Å²) in [5.41, 5.74) is 0. The van der Waals surface area contributed by atoms with Crippen LogP contribution in [0.15, 0.2) is 0 Å². The summed E-state index contributed by atoms with van der Waals surface area (Å²) in [6.07, 6.45) is 19.0. The Morgan fingerprint density at radius 2 is 0.895 bits per heavy atom. The van der Waals surface area contributed by atoms with Gasteiger partial charge in [-0.25, -0.2) is 0 Å². The highest BCUT2D eigenvalue weighted by molar-refractivity contribution is 9.09. The van der Waals surface area contributed by atoms with Crippen molar-refractivity contribution in [3.63, 3.8) is 0 Å². The molecule has 0 heterocycles. The maximum atomic E-state index is 3.50. The van der Waals surface area contributed by atoms with Gasteiger partial charge in [-0.3, -0.25) is 0 Å². The fraction of sp³-hybridized carbons (Fsp3) is 1.00. The minimum atomic E-state index is 1.12. The van der Waals surface area contributed by atoms with Crippen LogP contribution in [0.1, 0.15) is 83.5 Å². The molecule has 0 bridgehead atoms. The third-order valence-electron chi connectivity index (χ3n) is 4.49. The van der Waals surface area contributed by atoms with Crippen LogP contribution in [0.3, 0.4) is 0 Å². The van der Waals surface area contributed by atoms with Crippen LogP contribution in [0, 0.1) is 11.8 Å². The normalized spacial score (nSPS) is 21.8. The van der Waals surface area contributed by atoms with Crippen LogP contribution in [0.25, 0.3) is 0 Å². The standard InChI is InChI=1S/C17H32Br2/c18-13-9-5-2-1-3-7-11-16-15-17(16)12-8-4-6-10-14-19/h16-17H,1-15H2. The quantitative estimate of drug-likeness (QED) is 0.217. The Kier molecular flexibility index (Phi) is 12.0. The van der Waals surface area contributed by atoms with Crippen molar-refractivity contribution in [3.05, 3.63) is 0 Å². The summed E-state index contributed by atoms with van der Waals surface area (Å²) in [5, 5.41) is 2.38. The second kappa shape index (κ2) is 12.7. The Morgan fingerprint density at radius 3 is 1.32 bits per heavy atom. The highest BCUT2D eigenvalue weighted by Crippen LogP contribution is 2.45.